The fourth-order valence-corrected chi connectivity index (χ4v) is 4.24. The number of rotatable bonds is 6. The molecule has 0 unspecified atom stereocenters. The molecule has 0 radical (unpaired) electrons. The van der Waals surface area contributed by atoms with Crippen LogP contribution in [-0.4, -0.2) is 33.4 Å². The Kier molecular flexibility index (Phi) is 6.01. The third-order valence-corrected chi connectivity index (χ3v) is 5.67. The van der Waals surface area contributed by atoms with Crippen LogP contribution in [-0.2, 0) is 14.8 Å². The maximum Gasteiger partial charge on any atom is 0.337 e. The van der Waals surface area contributed by atoms with E-state index in [1.54, 1.807) is 48.5 Å². The summed E-state index contributed by atoms with van der Waals surface area (Å²) in [6.45, 7) is 2.17. The minimum atomic E-state index is -3.68. The summed E-state index contributed by atoms with van der Waals surface area (Å²) in [5.41, 5.74) is 1.85. The van der Waals surface area contributed by atoms with Gasteiger partial charge in [0, 0.05) is 11.9 Å². The second-order valence-electron chi connectivity index (χ2n) is 5.12. The number of carbonyl (C=O) groups excluding carboxylic acids is 1. The van der Waals surface area contributed by atoms with Gasteiger partial charge in [-0.2, -0.15) is 0 Å². The van der Waals surface area contributed by atoms with Gasteiger partial charge in [-0.05, 0) is 43.3 Å². The maximum atomic E-state index is 12.9. The van der Waals surface area contributed by atoms with Crippen molar-refractivity contribution >= 4 is 37.6 Å². The van der Waals surface area contributed by atoms with E-state index in [-0.39, 0.29) is 11.4 Å². The van der Waals surface area contributed by atoms with Crippen LogP contribution in [0.15, 0.2) is 53.4 Å². The molecule has 0 atom stereocenters. The Morgan fingerprint density at radius 2 is 1.67 bits per heavy atom. The number of benzene rings is 2. The number of methoxy groups -OCH3 is 1. The van der Waals surface area contributed by atoms with Gasteiger partial charge in [0.15, 0.2) is 0 Å². The van der Waals surface area contributed by atoms with E-state index in [9.17, 15) is 13.2 Å². The molecule has 0 saturated carbocycles. The van der Waals surface area contributed by atoms with Gasteiger partial charge in [0.1, 0.15) is 0 Å². The van der Waals surface area contributed by atoms with Crippen molar-refractivity contribution in [3.63, 3.8) is 0 Å². The van der Waals surface area contributed by atoms with E-state index in [0.29, 0.717) is 16.6 Å². The summed E-state index contributed by atoms with van der Waals surface area (Å²) in [6.07, 6.45) is 0. The Balaban J connectivity index is 2.41. The van der Waals surface area contributed by atoms with Crippen molar-refractivity contribution in [2.24, 2.45) is 0 Å². The summed E-state index contributed by atoms with van der Waals surface area (Å²) in [6, 6.07) is 13.0. The fraction of sp³-hybridized carbons (Fsp3) is 0.235. The van der Waals surface area contributed by atoms with Crippen LogP contribution in [0.2, 0.25) is 0 Å². The van der Waals surface area contributed by atoms with Crippen molar-refractivity contribution in [2.75, 3.05) is 23.3 Å². The molecule has 5 nitrogen and oxygen atoms in total. The number of aryl methyl sites for hydroxylation is 1. The summed E-state index contributed by atoms with van der Waals surface area (Å²) in [4.78, 5) is 11.7. The monoisotopic (exact) mass is 411 g/mol. The molecule has 0 amide bonds. The molecule has 0 aromatic heterocycles. The Hall–Kier alpha value is -1.86. The van der Waals surface area contributed by atoms with E-state index in [1.807, 2.05) is 6.92 Å². The third kappa shape index (κ3) is 3.96. The van der Waals surface area contributed by atoms with Gasteiger partial charge < -0.3 is 4.74 Å². The van der Waals surface area contributed by atoms with E-state index in [2.05, 4.69) is 20.7 Å². The molecule has 0 bridgehead atoms. The lowest BCUT2D eigenvalue weighted by atomic mass is 10.2. The van der Waals surface area contributed by atoms with Gasteiger partial charge in [0.05, 0.1) is 23.3 Å². The van der Waals surface area contributed by atoms with Crippen LogP contribution in [0.1, 0.15) is 15.9 Å². The van der Waals surface area contributed by atoms with Crippen molar-refractivity contribution in [2.45, 2.75) is 11.8 Å². The third-order valence-electron chi connectivity index (χ3n) is 3.47. The zero-order chi connectivity index (χ0) is 17.7. The number of ether oxygens (including phenoxy) is 1. The maximum absolute atomic E-state index is 12.9. The van der Waals surface area contributed by atoms with Gasteiger partial charge in [0.2, 0.25) is 0 Å². The average molecular weight is 412 g/mol. The summed E-state index contributed by atoms with van der Waals surface area (Å²) >= 11 is 3.29. The number of carbonyl (C=O) groups is 1. The topological polar surface area (TPSA) is 63.7 Å². The van der Waals surface area contributed by atoms with Crippen molar-refractivity contribution in [3.05, 3.63) is 59.7 Å². The molecule has 0 saturated heterocycles. The number of esters is 1. The van der Waals surface area contributed by atoms with Crippen LogP contribution in [0.5, 0.6) is 0 Å². The molecular weight excluding hydrogens is 394 g/mol. The zero-order valence-electron chi connectivity index (χ0n) is 13.4. The quantitative estimate of drug-likeness (QED) is 0.539. The first kappa shape index (κ1) is 18.5. The minimum Gasteiger partial charge on any atom is -0.465 e. The number of hydrogen-bond donors (Lipinski definition) is 0. The number of nitrogens with zero attached hydrogens (tertiary/aromatic N) is 1. The molecule has 7 heteroatoms. The van der Waals surface area contributed by atoms with Crippen LogP contribution >= 0.6 is 15.9 Å². The summed E-state index contributed by atoms with van der Waals surface area (Å²) < 4.78 is 31.8. The lowest BCUT2D eigenvalue weighted by molar-refractivity contribution is 0.0601. The number of alkyl halides is 1. The molecule has 0 heterocycles. The molecule has 0 aliphatic heterocycles. The fourth-order valence-electron chi connectivity index (χ4n) is 2.18. The van der Waals surface area contributed by atoms with Gasteiger partial charge in [-0.15, -0.1) is 0 Å². The highest BCUT2D eigenvalue weighted by atomic mass is 79.9. The Labute approximate surface area is 150 Å². The van der Waals surface area contributed by atoms with Gasteiger partial charge in [0.25, 0.3) is 10.0 Å². The van der Waals surface area contributed by atoms with E-state index in [0.717, 1.165) is 5.56 Å². The van der Waals surface area contributed by atoms with Crippen LogP contribution in [0, 0.1) is 6.92 Å². The lowest BCUT2D eigenvalue weighted by Crippen LogP contribution is -2.32. The predicted molar refractivity (Wildman–Crippen MR) is 97.3 cm³/mol. The van der Waals surface area contributed by atoms with E-state index < -0.39 is 16.0 Å². The van der Waals surface area contributed by atoms with Gasteiger partial charge in [-0.1, -0.05) is 33.6 Å². The highest BCUT2D eigenvalue weighted by molar-refractivity contribution is 9.09. The van der Waals surface area contributed by atoms with E-state index >= 15 is 0 Å². The van der Waals surface area contributed by atoms with Crippen molar-refractivity contribution < 1.29 is 17.9 Å². The Morgan fingerprint density at radius 3 is 2.17 bits per heavy atom. The largest absolute Gasteiger partial charge is 0.465 e. The standard InChI is InChI=1S/C17H18BrNO4S/c1-13-3-9-16(10-4-13)24(21,22)19(12-11-18)15-7-5-14(6-8-15)17(20)23-2/h3-10H,11-12H2,1-2H3. The molecule has 0 fully saturated rings. The Morgan fingerprint density at radius 1 is 1.08 bits per heavy atom. The van der Waals surface area contributed by atoms with Crippen LogP contribution in [0.3, 0.4) is 0 Å². The normalized spacial score (nSPS) is 11.1. The van der Waals surface area contributed by atoms with Crippen molar-refractivity contribution in [1.82, 2.24) is 0 Å². The Bertz CT molecular complexity index is 801. The molecular formula is C17H18BrNO4S. The SMILES string of the molecule is COC(=O)c1ccc(N(CCBr)S(=O)(=O)c2ccc(C)cc2)cc1. The lowest BCUT2D eigenvalue weighted by Gasteiger charge is -2.24. The highest BCUT2D eigenvalue weighted by Crippen LogP contribution is 2.24. The van der Waals surface area contributed by atoms with Crippen molar-refractivity contribution in [1.29, 1.82) is 0 Å². The smallest absolute Gasteiger partial charge is 0.337 e. The molecule has 128 valence electrons. The van der Waals surface area contributed by atoms with E-state index in [4.69, 9.17) is 0 Å². The molecule has 2 rings (SSSR count). The number of anilines is 1. The number of sulfonamides is 1. The van der Waals surface area contributed by atoms with Crippen LogP contribution in [0.4, 0.5) is 5.69 Å². The molecule has 24 heavy (non-hydrogen) atoms. The van der Waals surface area contributed by atoms with Gasteiger partial charge in [-0.25, -0.2) is 13.2 Å². The first-order valence-corrected chi connectivity index (χ1v) is 9.80. The van der Waals surface area contributed by atoms with Crippen LogP contribution in [0.25, 0.3) is 0 Å². The average Bonchev–Trinajstić information content (AvgIpc) is 2.59. The summed E-state index contributed by atoms with van der Waals surface area (Å²) in [7, 11) is -2.38. The summed E-state index contributed by atoms with van der Waals surface area (Å²) in [5, 5.41) is 0.483. The second-order valence-corrected chi connectivity index (χ2v) is 7.77. The number of halogens is 1. The summed E-state index contributed by atoms with van der Waals surface area (Å²) in [5.74, 6) is -0.463. The second kappa shape index (κ2) is 7.81. The van der Waals surface area contributed by atoms with Gasteiger partial charge >= 0.3 is 5.97 Å². The first-order valence-electron chi connectivity index (χ1n) is 7.24. The minimum absolute atomic E-state index is 0.228. The molecule has 2 aromatic carbocycles. The van der Waals surface area contributed by atoms with E-state index in [1.165, 1.54) is 11.4 Å². The first-order chi connectivity index (χ1) is 11.4. The molecule has 0 spiro atoms. The number of hydrogen-bond acceptors (Lipinski definition) is 4. The predicted octanol–water partition coefficient (Wildman–Crippen LogP) is 3.37. The van der Waals surface area contributed by atoms with Gasteiger partial charge in [-0.3, -0.25) is 4.31 Å². The molecule has 2 aromatic rings. The van der Waals surface area contributed by atoms with Crippen LogP contribution < -0.4 is 4.31 Å². The molecule has 0 aliphatic rings. The molecule has 0 aliphatic carbocycles. The molecule has 0 N–H and O–H groups in total. The zero-order valence-corrected chi connectivity index (χ0v) is 15.8. The van der Waals surface area contributed by atoms with Crippen molar-refractivity contribution in [3.8, 4) is 0 Å². The highest BCUT2D eigenvalue weighted by Gasteiger charge is 2.24.